The Morgan fingerprint density at radius 1 is 1.00 bits per heavy atom. The van der Waals surface area contributed by atoms with Crippen molar-refractivity contribution < 1.29 is 28.9 Å². The molecule has 4 N–H and O–H groups in total. The van der Waals surface area contributed by atoms with Crippen LogP contribution in [0.25, 0.3) is 11.0 Å². The summed E-state index contributed by atoms with van der Waals surface area (Å²) in [4.78, 5) is 42.2. The third-order valence-corrected chi connectivity index (χ3v) is 8.74. The van der Waals surface area contributed by atoms with Gasteiger partial charge in [0.1, 0.15) is 6.54 Å². The Labute approximate surface area is 272 Å². The number of hydrogen-bond donors (Lipinski definition) is 4. The third-order valence-electron chi connectivity index (χ3n) is 8.74. The van der Waals surface area contributed by atoms with E-state index in [0.29, 0.717) is 18.7 Å². The number of aromatic amines is 1. The zero-order valence-corrected chi connectivity index (χ0v) is 26.4. The van der Waals surface area contributed by atoms with Crippen LogP contribution in [0.15, 0.2) is 77.6 Å². The van der Waals surface area contributed by atoms with E-state index in [-0.39, 0.29) is 43.7 Å². The first-order valence-electron chi connectivity index (χ1n) is 16.1. The standard InChI is InChI=1S/C35H41N5O7/c1-2-45-32(42)20-36-34(43)37-26-7-5-6-25(18-26)33-46-28(19-31(47-33)24-12-10-23(22-41)11-13-24)21-39-16-14-27(15-17-39)40-30-9-4-3-8-29(30)38-35(40)44/h3-13,18,27-28,31,33,41H,2,14-17,19-22H2,1H3,(H,38,44)(H2,36,37,43). The summed E-state index contributed by atoms with van der Waals surface area (Å²) in [7, 11) is 0. The van der Waals surface area contributed by atoms with Crippen molar-refractivity contribution in [3.05, 3.63) is 100.0 Å². The predicted octanol–water partition coefficient (Wildman–Crippen LogP) is 4.39. The maximum absolute atomic E-state index is 12.8. The molecule has 2 saturated heterocycles. The monoisotopic (exact) mass is 643 g/mol. The lowest BCUT2D eigenvalue weighted by atomic mass is 9.98. The molecule has 0 bridgehead atoms. The van der Waals surface area contributed by atoms with E-state index in [1.807, 2.05) is 65.2 Å². The van der Waals surface area contributed by atoms with Crippen LogP contribution in [0, 0.1) is 0 Å². The van der Waals surface area contributed by atoms with Gasteiger partial charge in [-0.1, -0.05) is 48.5 Å². The van der Waals surface area contributed by atoms with Crippen molar-refractivity contribution in [2.24, 2.45) is 0 Å². The number of amides is 2. The molecule has 2 aliphatic rings. The largest absolute Gasteiger partial charge is 0.465 e. The first kappa shape index (κ1) is 32.5. The highest BCUT2D eigenvalue weighted by Gasteiger charge is 2.34. The Bertz CT molecular complexity index is 1730. The molecule has 6 rings (SSSR count). The molecule has 0 spiro atoms. The average Bonchev–Trinajstić information content (AvgIpc) is 3.43. The van der Waals surface area contributed by atoms with Crippen LogP contribution in [0.1, 0.15) is 61.3 Å². The third kappa shape index (κ3) is 7.91. The molecule has 0 aliphatic carbocycles. The van der Waals surface area contributed by atoms with Crippen molar-refractivity contribution in [2.45, 2.75) is 57.3 Å². The number of anilines is 1. The maximum Gasteiger partial charge on any atom is 0.326 e. The number of aliphatic hydroxyl groups excluding tert-OH is 1. The SMILES string of the molecule is CCOC(=O)CNC(=O)Nc1cccc(C2OC(CN3CCC(n4c(=O)[nH]c5ccccc54)CC3)CC(c3ccc(CO)cc3)O2)c1. The van der Waals surface area contributed by atoms with Crippen molar-refractivity contribution >= 4 is 28.7 Å². The van der Waals surface area contributed by atoms with Gasteiger partial charge in [0.15, 0.2) is 6.29 Å². The highest BCUT2D eigenvalue weighted by molar-refractivity contribution is 5.91. The lowest BCUT2D eigenvalue weighted by Crippen LogP contribution is -2.43. The fourth-order valence-corrected chi connectivity index (χ4v) is 6.42. The fraction of sp³-hybridized carbons (Fsp3) is 0.400. The van der Waals surface area contributed by atoms with Crippen molar-refractivity contribution in [3.8, 4) is 0 Å². The topological polar surface area (TPSA) is 147 Å². The van der Waals surface area contributed by atoms with E-state index in [2.05, 4.69) is 20.5 Å². The maximum atomic E-state index is 12.8. The van der Waals surface area contributed by atoms with Gasteiger partial charge in [0.2, 0.25) is 0 Å². The summed E-state index contributed by atoms with van der Waals surface area (Å²) >= 11 is 0. The number of imidazole rings is 1. The van der Waals surface area contributed by atoms with Crippen LogP contribution in [0.3, 0.4) is 0 Å². The van der Waals surface area contributed by atoms with Crippen LogP contribution in [0.5, 0.6) is 0 Å². The summed E-state index contributed by atoms with van der Waals surface area (Å²) < 4.78 is 19.8. The van der Waals surface area contributed by atoms with Gasteiger partial charge in [0, 0.05) is 43.3 Å². The molecule has 3 heterocycles. The van der Waals surface area contributed by atoms with Crippen molar-refractivity contribution in [2.75, 3.05) is 38.1 Å². The number of ether oxygens (including phenoxy) is 3. The van der Waals surface area contributed by atoms with Gasteiger partial charge in [0.25, 0.3) is 0 Å². The highest BCUT2D eigenvalue weighted by atomic mass is 16.7. The quantitative estimate of drug-likeness (QED) is 0.186. The minimum Gasteiger partial charge on any atom is -0.465 e. The molecule has 47 heavy (non-hydrogen) atoms. The summed E-state index contributed by atoms with van der Waals surface area (Å²) in [5.41, 5.74) is 4.81. The number of benzene rings is 3. The number of aliphatic hydroxyl groups is 1. The Hall–Kier alpha value is -4.49. The van der Waals surface area contributed by atoms with E-state index >= 15 is 0 Å². The number of nitrogens with one attached hydrogen (secondary N) is 3. The zero-order valence-electron chi connectivity index (χ0n) is 26.4. The number of piperidine rings is 1. The number of rotatable bonds is 10. The highest BCUT2D eigenvalue weighted by Crippen LogP contribution is 2.39. The number of carbonyl (C=O) groups excluding carboxylic acids is 2. The van der Waals surface area contributed by atoms with E-state index in [0.717, 1.165) is 53.7 Å². The molecule has 3 atom stereocenters. The van der Waals surface area contributed by atoms with Gasteiger partial charge in [-0.15, -0.1) is 0 Å². The second-order valence-electron chi connectivity index (χ2n) is 11.9. The number of hydrogen-bond acceptors (Lipinski definition) is 8. The molecule has 0 radical (unpaired) electrons. The first-order chi connectivity index (χ1) is 22.9. The van der Waals surface area contributed by atoms with Gasteiger partial charge < -0.3 is 39.8 Å². The summed E-state index contributed by atoms with van der Waals surface area (Å²) in [6.07, 6.45) is 1.26. The second kappa shape index (κ2) is 14.9. The lowest BCUT2D eigenvalue weighted by molar-refractivity contribution is -0.253. The fourth-order valence-electron chi connectivity index (χ4n) is 6.42. The van der Waals surface area contributed by atoms with Crippen LogP contribution in [-0.4, -0.2) is 70.4 Å². The molecule has 2 amide bonds. The molecule has 4 aromatic rings. The van der Waals surface area contributed by atoms with Crippen LogP contribution < -0.4 is 16.3 Å². The van der Waals surface area contributed by atoms with Crippen LogP contribution >= 0.6 is 0 Å². The number of H-pyrrole nitrogens is 1. The molecular weight excluding hydrogens is 602 g/mol. The number of para-hydroxylation sites is 2. The first-order valence-corrected chi connectivity index (χ1v) is 16.1. The molecule has 12 nitrogen and oxygen atoms in total. The second-order valence-corrected chi connectivity index (χ2v) is 11.9. The molecule has 12 heteroatoms. The normalized spacial score (nSPS) is 20.6. The molecule has 2 aliphatic heterocycles. The van der Waals surface area contributed by atoms with E-state index in [1.165, 1.54) is 0 Å². The van der Waals surface area contributed by atoms with E-state index in [1.54, 1.807) is 19.1 Å². The van der Waals surface area contributed by atoms with Crippen molar-refractivity contribution in [3.63, 3.8) is 0 Å². The molecular formula is C35H41N5O7. The van der Waals surface area contributed by atoms with Crippen LogP contribution in [0.4, 0.5) is 10.5 Å². The minimum absolute atomic E-state index is 0.0338. The smallest absolute Gasteiger partial charge is 0.326 e. The summed E-state index contributed by atoms with van der Waals surface area (Å²) in [6, 6.07) is 22.4. The predicted molar refractivity (Wildman–Crippen MR) is 176 cm³/mol. The van der Waals surface area contributed by atoms with E-state index in [4.69, 9.17) is 14.2 Å². The van der Waals surface area contributed by atoms with Gasteiger partial charge in [-0.3, -0.25) is 9.36 Å². The molecule has 2 fully saturated rings. The Kier molecular flexibility index (Phi) is 10.3. The van der Waals surface area contributed by atoms with Gasteiger partial charge in [-0.2, -0.15) is 0 Å². The zero-order chi connectivity index (χ0) is 32.8. The molecule has 3 unspecified atom stereocenters. The summed E-state index contributed by atoms with van der Waals surface area (Å²) in [6.45, 7) is 4.04. The average molecular weight is 644 g/mol. The molecule has 248 valence electrons. The van der Waals surface area contributed by atoms with Gasteiger partial charge in [0.05, 0.1) is 36.5 Å². The number of nitrogens with zero attached hydrogens (tertiary/aromatic N) is 2. The Balaban J connectivity index is 1.14. The molecule has 1 aromatic heterocycles. The number of esters is 1. The molecule has 0 saturated carbocycles. The van der Waals surface area contributed by atoms with Crippen LogP contribution in [-0.2, 0) is 25.6 Å². The Morgan fingerprint density at radius 2 is 1.79 bits per heavy atom. The van der Waals surface area contributed by atoms with Gasteiger partial charge in [-0.05, 0) is 55.2 Å². The van der Waals surface area contributed by atoms with Gasteiger partial charge in [-0.25, -0.2) is 9.59 Å². The summed E-state index contributed by atoms with van der Waals surface area (Å²) in [5, 5.41) is 14.8. The Morgan fingerprint density at radius 3 is 2.55 bits per heavy atom. The number of likely N-dealkylation sites (tertiary alicyclic amines) is 1. The molecule has 3 aromatic carbocycles. The van der Waals surface area contributed by atoms with Crippen molar-refractivity contribution in [1.82, 2.24) is 19.8 Å². The van der Waals surface area contributed by atoms with Gasteiger partial charge >= 0.3 is 17.7 Å². The minimum atomic E-state index is -0.692. The van der Waals surface area contributed by atoms with E-state index in [9.17, 15) is 19.5 Å². The number of fused-ring (bicyclic) bond motifs is 1. The number of carbonyl (C=O) groups is 2. The number of urea groups is 1. The van der Waals surface area contributed by atoms with E-state index < -0.39 is 18.3 Å². The summed E-state index contributed by atoms with van der Waals surface area (Å²) in [5.74, 6) is -0.513. The van der Waals surface area contributed by atoms with Crippen molar-refractivity contribution in [1.29, 1.82) is 0 Å². The lowest BCUT2D eigenvalue weighted by Gasteiger charge is -2.40. The number of aromatic nitrogens is 2. The van der Waals surface area contributed by atoms with Crippen LogP contribution in [0.2, 0.25) is 0 Å².